The lowest BCUT2D eigenvalue weighted by Crippen LogP contribution is -2.51. The second-order valence-electron chi connectivity index (χ2n) is 10.4. The van der Waals surface area contributed by atoms with Crippen LogP contribution in [0.15, 0.2) is 53.2 Å². The summed E-state index contributed by atoms with van der Waals surface area (Å²) in [7, 11) is 0.0684. The van der Waals surface area contributed by atoms with Crippen molar-refractivity contribution in [3.63, 3.8) is 0 Å². The van der Waals surface area contributed by atoms with Gasteiger partial charge in [0.15, 0.2) is 9.84 Å². The molecule has 0 saturated carbocycles. The number of amides is 2. The van der Waals surface area contributed by atoms with Crippen molar-refractivity contribution >= 4 is 44.0 Å². The van der Waals surface area contributed by atoms with Crippen LogP contribution in [0.3, 0.4) is 0 Å². The third-order valence-electron chi connectivity index (χ3n) is 7.28. The lowest BCUT2D eigenvalue weighted by molar-refractivity contribution is -0.141. The van der Waals surface area contributed by atoms with Gasteiger partial charge in [-0.15, -0.1) is 0 Å². The summed E-state index contributed by atoms with van der Waals surface area (Å²) in [5.74, 6) is -1.29. The highest BCUT2D eigenvalue weighted by atomic mass is 35.5. The molecule has 12 heteroatoms. The number of halogens is 1. The number of rotatable bonds is 7. The second kappa shape index (κ2) is 10.4. The molecule has 3 aliphatic rings. The number of aliphatic hydroxyl groups is 1. The smallest absolute Gasteiger partial charge is 0.273 e. The lowest BCUT2D eigenvalue weighted by atomic mass is 10.0. The van der Waals surface area contributed by atoms with E-state index in [1.807, 2.05) is 30.1 Å². The second-order valence-corrected chi connectivity index (χ2v) is 12.9. The van der Waals surface area contributed by atoms with E-state index in [1.54, 1.807) is 24.3 Å². The number of hydrogen-bond donors (Lipinski definition) is 1. The van der Waals surface area contributed by atoms with Crippen LogP contribution in [0.1, 0.15) is 12.8 Å². The molecule has 2 fully saturated rings. The molecular formula is C26H32ClN5O5S. The molecule has 0 radical (unpaired) electrons. The highest BCUT2D eigenvalue weighted by Crippen LogP contribution is 2.30. The maximum Gasteiger partial charge on any atom is 0.273 e. The van der Waals surface area contributed by atoms with Gasteiger partial charge in [0.05, 0.1) is 30.7 Å². The number of likely N-dealkylation sites (tertiary alicyclic amines) is 1. The number of sulfone groups is 1. The van der Waals surface area contributed by atoms with Gasteiger partial charge in [0.1, 0.15) is 11.8 Å². The highest BCUT2D eigenvalue weighted by Gasteiger charge is 2.42. The third-order valence-corrected chi connectivity index (χ3v) is 9.24. The summed E-state index contributed by atoms with van der Waals surface area (Å²) in [6.45, 7) is 2.63. The Balaban J connectivity index is 1.16. The first-order valence-electron chi connectivity index (χ1n) is 12.6. The molecule has 0 unspecified atom stereocenters. The standard InChI is InChI=1S/C26H32ClN5O5S/c1-28(2)15-29-13-23-25(34)32(17-31(23)16-29)21-7-9-30(10-8-21)26(35)24(33)14-38(36,37)22-6-4-18-11-20(27)5-3-19(18)12-22/h3-6,11-13,21,24,33H,7-10,14-17H2,1-2H3/t24-/m1/s1. The SMILES string of the molecule is CN(C)CN1C=C2C(=O)N(C3CCN(C(=O)[C@H](O)CS(=O)(=O)c4ccc5cc(Cl)ccc5c4)CC3)CN2C1. The van der Waals surface area contributed by atoms with E-state index in [2.05, 4.69) is 9.80 Å². The maximum absolute atomic E-state index is 13.0. The average molecular weight is 562 g/mol. The normalized spacial score (nSPS) is 19.5. The molecule has 204 valence electrons. The molecule has 0 aliphatic carbocycles. The molecule has 3 aliphatic heterocycles. The molecule has 38 heavy (non-hydrogen) atoms. The largest absolute Gasteiger partial charge is 0.382 e. The van der Waals surface area contributed by atoms with Crippen LogP contribution in [0.2, 0.25) is 5.02 Å². The fourth-order valence-corrected chi connectivity index (χ4v) is 6.91. The van der Waals surface area contributed by atoms with Gasteiger partial charge < -0.3 is 24.7 Å². The summed E-state index contributed by atoms with van der Waals surface area (Å²) in [5.41, 5.74) is 0.697. The zero-order valence-electron chi connectivity index (χ0n) is 21.5. The highest BCUT2D eigenvalue weighted by molar-refractivity contribution is 7.91. The van der Waals surface area contributed by atoms with Crippen LogP contribution in [0.25, 0.3) is 10.8 Å². The summed E-state index contributed by atoms with van der Waals surface area (Å²) < 4.78 is 25.9. The van der Waals surface area contributed by atoms with Crippen molar-refractivity contribution in [2.45, 2.75) is 29.9 Å². The molecule has 2 amide bonds. The van der Waals surface area contributed by atoms with Crippen molar-refractivity contribution in [1.29, 1.82) is 0 Å². The van der Waals surface area contributed by atoms with Crippen LogP contribution in [0.5, 0.6) is 0 Å². The first kappa shape index (κ1) is 26.7. The maximum atomic E-state index is 13.0. The van der Waals surface area contributed by atoms with Crippen molar-refractivity contribution in [2.24, 2.45) is 0 Å². The summed E-state index contributed by atoms with van der Waals surface area (Å²) >= 11 is 6.00. The minimum atomic E-state index is -3.90. The fourth-order valence-electron chi connectivity index (χ4n) is 5.40. The number of carbonyl (C=O) groups excluding carboxylic acids is 2. The average Bonchev–Trinajstić information content (AvgIpc) is 3.40. The van der Waals surface area contributed by atoms with Crippen LogP contribution in [-0.4, -0.2) is 115 Å². The topological polar surface area (TPSA) is 105 Å². The Morgan fingerprint density at radius 2 is 1.79 bits per heavy atom. The predicted octanol–water partition coefficient (Wildman–Crippen LogP) is 1.35. The van der Waals surface area contributed by atoms with Gasteiger partial charge >= 0.3 is 0 Å². The quantitative estimate of drug-likeness (QED) is 0.540. The van der Waals surface area contributed by atoms with E-state index in [0.717, 1.165) is 12.1 Å². The molecule has 2 aromatic carbocycles. The Kier molecular flexibility index (Phi) is 7.29. The van der Waals surface area contributed by atoms with Gasteiger partial charge in [-0.05, 0) is 62.0 Å². The Labute approximate surface area is 227 Å². The fraction of sp³-hybridized carbons (Fsp3) is 0.462. The first-order valence-corrected chi connectivity index (χ1v) is 14.6. The molecule has 2 aromatic rings. The molecule has 2 saturated heterocycles. The van der Waals surface area contributed by atoms with Crippen molar-refractivity contribution in [1.82, 2.24) is 24.5 Å². The molecule has 10 nitrogen and oxygen atoms in total. The van der Waals surface area contributed by atoms with Crippen molar-refractivity contribution < 1.29 is 23.1 Å². The van der Waals surface area contributed by atoms with Gasteiger partial charge in [0, 0.05) is 30.4 Å². The van der Waals surface area contributed by atoms with Gasteiger partial charge in [-0.3, -0.25) is 14.5 Å². The van der Waals surface area contributed by atoms with E-state index >= 15 is 0 Å². The van der Waals surface area contributed by atoms with E-state index in [0.29, 0.717) is 55.4 Å². The molecule has 5 rings (SSSR count). The van der Waals surface area contributed by atoms with E-state index < -0.39 is 27.6 Å². The zero-order valence-corrected chi connectivity index (χ0v) is 23.0. The van der Waals surface area contributed by atoms with E-state index in [4.69, 9.17) is 11.6 Å². The molecule has 1 atom stereocenters. The predicted molar refractivity (Wildman–Crippen MR) is 144 cm³/mol. The monoisotopic (exact) mass is 561 g/mol. The summed E-state index contributed by atoms with van der Waals surface area (Å²) in [5, 5.41) is 12.6. The van der Waals surface area contributed by atoms with E-state index in [-0.39, 0.29) is 16.8 Å². The van der Waals surface area contributed by atoms with Crippen LogP contribution in [0.4, 0.5) is 0 Å². The van der Waals surface area contributed by atoms with E-state index in [1.165, 1.54) is 17.0 Å². The number of hydrogen-bond acceptors (Lipinski definition) is 8. The Bertz CT molecular complexity index is 1390. The van der Waals surface area contributed by atoms with Gasteiger partial charge in [-0.25, -0.2) is 8.42 Å². The van der Waals surface area contributed by atoms with Crippen LogP contribution < -0.4 is 0 Å². The number of piperidine rings is 1. The van der Waals surface area contributed by atoms with E-state index in [9.17, 15) is 23.1 Å². The lowest BCUT2D eigenvalue weighted by Gasteiger charge is -2.37. The third kappa shape index (κ3) is 5.33. The molecular weight excluding hydrogens is 530 g/mol. The van der Waals surface area contributed by atoms with Gasteiger partial charge in [-0.1, -0.05) is 23.7 Å². The Morgan fingerprint density at radius 1 is 1.11 bits per heavy atom. The van der Waals surface area contributed by atoms with Crippen LogP contribution in [-0.2, 0) is 19.4 Å². The van der Waals surface area contributed by atoms with Crippen molar-refractivity contribution in [3.8, 4) is 0 Å². The number of nitrogens with zero attached hydrogens (tertiary/aromatic N) is 5. The Hall–Kier alpha value is -2.86. The number of aliphatic hydroxyl groups excluding tert-OH is 1. The zero-order chi connectivity index (χ0) is 27.2. The molecule has 3 heterocycles. The number of carbonyl (C=O) groups is 2. The minimum Gasteiger partial charge on any atom is -0.382 e. The van der Waals surface area contributed by atoms with Gasteiger partial charge in [0.2, 0.25) is 0 Å². The van der Waals surface area contributed by atoms with Gasteiger partial charge in [0.25, 0.3) is 11.8 Å². The minimum absolute atomic E-state index is 0.000169. The molecule has 0 bridgehead atoms. The van der Waals surface area contributed by atoms with Crippen molar-refractivity contribution in [2.75, 3.05) is 52.9 Å². The molecule has 0 spiro atoms. The number of fused-ring (bicyclic) bond motifs is 2. The number of benzene rings is 2. The summed E-state index contributed by atoms with van der Waals surface area (Å²) in [6, 6.07) is 9.79. The van der Waals surface area contributed by atoms with Crippen LogP contribution >= 0.6 is 11.6 Å². The molecule has 1 N–H and O–H groups in total. The van der Waals surface area contributed by atoms with Gasteiger partial charge in [-0.2, -0.15) is 0 Å². The van der Waals surface area contributed by atoms with Crippen molar-refractivity contribution in [3.05, 3.63) is 53.3 Å². The Morgan fingerprint density at radius 3 is 2.47 bits per heavy atom. The molecule has 0 aromatic heterocycles. The van der Waals surface area contributed by atoms with Crippen LogP contribution in [0, 0.1) is 0 Å². The summed E-state index contributed by atoms with van der Waals surface area (Å²) in [4.78, 5) is 35.5. The summed E-state index contributed by atoms with van der Waals surface area (Å²) in [6.07, 6.45) is 1.39. The first-order chi connectivity index (χ1) is 18.0.